The van der Waals surface area contributed by atoms with Gasteiger partial charge >= 0.3 is 0 Å². The predicted molar refractivity (Wildman–Crippen MR) is 101 cm³/mol. The maximum absolute atomic E-state index is 12.3. The first-order chi connectivity index (χ1) is 12.6. The van der Waals surface area contributed by atoms with Crippen molar-refractivity contribution in [2.75, 3.05) is 13.7 Å². The maximum atomic E-state index is 12.3. The summed E-state index contributed by atoms with van der Waals surface area (Å²) in [6.45, 7) is 4.25. The number of carbonyl (C=O) groups excluding carboxylic acids is 2. The van der Waals surface area contributed by atoms with Crippen LogP contribution in [0.15, 0.2) is 72.8 Å². The predicted octanol–water partition coefficient (Wildman–Crippen LogP) is 4.04. The molecule has 1 heterocycles. The number of nitrogens with zero attached hydrogens (tertiary/aromatic N) is 1. The Morgan fingerprint density at radius 2 is 1.62 bits per heavy atom. The lowest BCUT2D eigenvalue weighted by Gasteiger charge is -2.14. The van der Waals surface area contributed by atoms with Crippen molar-refractivity contribution in [3.8, 4) is 5.75 Å². The molecule has 2 amide bonds. The van der Waals surface area contributed by atoms with E-state index in [1.165, 1.54) is 10.5 Å². The molecule has 4 nitrogen and oxygen atoms in total. The summed E-state index contributed by atoms with van der Waals surface area (Å²) in [6.07, 6.45) is 5.52. The lowest BCUT2D eigenvalue weighted by atomic mass is 10.1. The number of hydrogen-bond acceptors (Lipinski definition) is 3. The largest absolute Gasteiger partial charge is 0.497 e. The number of ether oxygens (including phenoxy) is 1. The van der Waals surface area contributed by atoms with Gasteiger partial charge in [-0.2, -0.15) is 0 Å². The third-order valence-corrected chi connectivity index (χ3v) is 4.35. The van der Waals surface area contributed by atoms with Crippen molar-refractivity contribution >= 4 is 11.8 Å². The summed E-state index contributed by atoms with van der Waals surface area (Å²) in [7, 11) is 1.65. The molecule has 4 heteroatoms. The van der Waals surface area contributed by atoms with Crippen LogP contribution >= 0.6 is 0 Å². The summed E-state index contributed by atoms with van der Waals surface area (Å²) in [5.41, 5.74) is 2.96. The SMILES string of the molecule is C=C(C/C=C\Cc1ccc(OC)cc1)CN1C(=O)c2ccccc2C1=O. The third kappa shape index (κ3) is 3.75. The number of imide groups is 1. The lowest BCUT2D eigenvalue weighted by molar-refractivity contribution is 0.0667. The van der Waals surface area contributed by atoms with Crippen molar-refractivity contribution < 1.29 is 14.3 Å². The van der Waals surface area contributed by atoms with Crippen LogP contribution in [0.4, 0.5) is 0 Å². The second kappa shape index (κ2) is 7.83. The minimum Gasteiger partial charge on any atom is -0.497 e. The molecule has 1 aliphatic heterocycles. The van der Waals surface area contributed by atoms with Crippen molar-refractivity contribution in [2.24, 2.45) is 0 Å². The van der Waals surface area contributed by atoms with Crippen LogP contribution in [0.2, 0.25) is 0 Å². The van der Waals surface area contributed by atoms with Gasteiger partial charge in [0.1, 0.15) is 5.75 Å². The molecule has 0 saturated carbocycles. The quantitative estimate of drug-likeness (QED) is 0.561. The van der Waals surface area contributed by atoms with E-state index in [-0.39, 0.29) is 18.4 Å². The van der Waals surface area contributed by atoms with Crippen molar-refractivity contribution in [1.82, 2.24) is 4.90 Å². The Hall–Kier alpha value is -3.14. The number of fused-ring (bicyclic) bond motifs is 1. The van der Waals surface area contributed by atoms with Crippen LogP contribution in [0.25, 0.3) is 0 Å². The maximum Gasteiger partial charge on any atom is 0.261 e. The molecule has 0 aliphatic carbocycles. The van der Waals surface area contributed by atoms with E-state index < -0.39 is 0 Å². The zero-order valence-electron chi connectivity index (χ0n) is 14.8. The second-order valence-electron chi connectivity index (χ2n) is 6.22. The highest BCUT2D eigenvalue weighted by Crippen LogP contribution is 2.23. The number of rotatable bonds is 7. The molecule has 26 heavy (non-hydrogen) atoms. The third-order valence-electron chi connectivity index (χ3n) is 4.35. The monoisotopic (exact) mass is 347 g/mol. The first-order valence-corrected chi connectivity index (χ1v) is 8.50. The number of allylic oxidation sites excluding steroid dienone is 2. The molecular weight excluding hydrogens is 326 g/mol. The highest BCUT2D eigenvalue weighted by Gasteiger charge is 2.34. The number of benzene rings is 2. The van der Waals surface area contributed by atoms with Crippen LogP contribution in [0.3, 0.4) is 0 Å². The van der Waals surface area contributed by atoms with Gasteiger partial charge in [0.15, 0.2) is 0 Å². The summed E-state index contributed by atoms with van der Waals surface area (Å²) < 4.78 is 5.14. The fourth-order valence-corrected chi connectivity index (χ4v) is 2.90. The van der Waals surface area contributed by atoms with E-state index in [9.17, 15) is 9.59 Å². The van der Waals surface area contributed by atoms with E-state index in [0.29, 0.717) is 17.5 Å². The molecule has 0 unspecified atom stereocenters. The van der Waals surface area contributed by atoms with E-state index >= 15 is 0 Å². The fourth-order valence-electron chi connectivity index (χ4n) is 2.90. The van der Waals surface area contributed by atoms with Crippen LogP contribution in [0, 0.1) is 0 Å². The zero-order valence-corrected chi connectivity index (χ0v) is 14.8. The van der Waals surface area contributed by atoms with Gasteiger partial charge in [0, 0.05) is 0 Å². The molecule has 2 aromatic carbocycles. The van der Waals surface area contributed by atoms with Gasteiger partial charge in [-0.25, -0.2) is 0 Å². The zero-order chi connectivity index (χ0) is 18.5. The summed E-state index contributed by atoms with van der Waals surface area (Å²) in [4.78, 5) is 26.0. The summed E-state index contributed by atoms with van der Waals surface area (Å²) >= 11 is 0. The van der Waals surface area contributed by atoms with E-state index in [4.69, 9.17) is 4.74 Å². The molecule has 0 atom stereocenters. The lowest BCUT2D eigenvalue weighted by Crippen LogP contribution is -2.31. The minimum absolute atomic E-state index is 0.242. The van der Waals surface area contributed by atoms with Crippen molar-refractivity contribution in [1.29, 1.82) is 0 Å². The molecule has 0 saturated heterocycles. The van der Waals surface area contributed by atoms with E-state index in [1.54, 1.807) is 31.4 Å². The fraction of sp³-hybridized carbons (Fsp3) is 0.182. The molecule has 132 valence electrons. The standard InChI is InChI=1S/C22H21NO3/c1-16(7-3-4-8-17-11-13-18(26-2)14-12-17)15-23-21(24)19-9-5-6-10-20(19)22(23)25/h3-6,9-14H,1,7-8,15H2,2H3/b4-3-. The molecule has 0 aromatic heterocycles. The summed E-state index contributed by atoms with van der Waals surface area (Å²) in [6, 6.07) is 14.8. The Morgan fingerprint density at radius 1 is 1.00 bits per heavy atom. The molecule has 0 N–H and O–H groups in total. The molecule has 2 aromatic rings. The average molecular weight is 347 g/mol. The van der Waals surface area contributed by atoms with Crippen LogP contribution < -0.4 is 4.74 Å². The first kappa shape index (κ1) is 17.7. The van der Waals surface area contributed by atoms with Crippen molar-refractivity contribution in [2.45, 2.75) is 12.8 Å². The minimum atomic E-state index is -0.242. The van der Waals surface area contributed by atoms with E-state index in [0.717, 1.165) is 17.7 Å². The highest BCUT2D eigenvalue weighted by molar-refractivity contribution is 6.21. The normalized spacial score (nSPS) is 13.3. The van der Waals surface area contributed by atoms with Crippen LogP contribution in [-0.4, -0.2) is 30.4 Å². The van der Waals surface area contributed by atoms with Gasteiger partial charge in [-0.15, -0.1) is 0 Å². The molecule has 3 rings (SSSR count). The van der Waals surface area contributed by atoms with Gasteiger partial charge in [-0.3, -0.25) is 14.5 Å². The van der Waals surface area contributed by atoms with Gasteiger partial charge in [-0.05, 0) is 42.7 Å². The summed E-state index contributed by atoms with van der Waals surface area (Å²) in [5.74, 6) is 0.356. The number of amides is 2. The molecule has 0 spiro atoms. The molecule has 1 aliphatic rings. The number of methoxy groups -OCH3 is 1. The Kier molecular flexibility index (Phi) is 5.32. The highest BCUT2D eigenvalue weighted by atomic mass is 16.5. The molecular formula is C22H21NO3. The molecule has 0 fully saturated rings. The van der Waals surface area contributed by atoms with E-state index in [2.05, 4.69) is 12.7 Å². The van der Waals surface area contributed by atoms with Crippen LogP contribution in [-0.2, 0) is 6.42 Å². The first-order valence-electron chi connectivity index (χ1n) is 8.50. The average Bonchev–Trinajstić information content (AvgIpc) is 2.91. The van der Waals surface area contributed by atoms with E-state index in [1.807, 2.05) is 30.3 Å². The van der Waals surface area contributed by atoms with Crippen molar-refractivity contribution in [3.05, 3.63) is 89.5 Å². The van der Waals surface area contributed by atoms with Gasteiger partial charge in [0.25, 0.3) is 11.8 Å². The van der Waals surface area contributed by atoms with Gasteiger partial charge in [-0.1, -0.05) is 48.6 Å². The van der Waals surface area contributed by atoms with Crippen LogP contribution in [0.1, 0.15) is 32.7 Å². The Bertz CT molecular complexity index is 830. The Labute approximate surface area is 153 Å². The molecule has 0 radical (unpaired) electrons. The summed E-state index contributed by atoms with van der Waals surface area (Å²) in [5, 5.41) is 0. The smallest absolute Gasteiger partial charge is 0.261 e. The number of hydrogen-bond donors (Lipinski definition) is 0. The topological polar surface area (TPSA) is 46.6 Å². The van der Waals surface area contributed by atoms with Crippen molar-refractivity contribution in [3.63, 3.8) is 0 Å². The Morgan fingerprint density at radius 3 is 2.19 bits per heavy atom. The van der Waals surface area contributed by atoms with Crippen LogP contribution in [0.5, 0.6) is 5.75 Å². The molecule has 0 bridgehead atoms. The number of carbonyl (C=O) groups is 2. The van der Waals surface area contributed by atoms with Gasteiger partial charge in [0.2, 0.25) is 0 Å². The second-order valence-corrected chi connectivity index (χ2v) is 6.22. The Balaban J connectivity index is 1.51. The van der Waals surface area contributed by atoms with Gasteiger partial charge in [0.05, 0.1) is 24.8 Å². The van der Waals surface area contributed by atoms with Gasteiger partial charge < -0.3 is 4.74 Å².